The molecule has 0 aromatic heterocycles. The van der Waals surface area contributed by atoms with Crippen LogP contribution in [0.2, 0.25) is 0 Å². The van der Waals surface area contributed by atoms with Gasteiger partial charge in [-0.15, -0.1) is 0 Å². The van der Waals surface area contributed by atoms with Crippen molar-refractivity contribution in [2.75, 3.05) is 19.4 Å². The molecular formula is C19H20BrN3O2S. The van der Waals surface area contributed by atoms with E-state index in [4.69, 9.17) is 12.2 Å². The number of aryl methyl sites for hydroxylation is 1. The first kappa shape index (κ1) is 20.1. The maximum absolute atomic E-state index is 12.2. The van der Waals surface area contributed by atoms with E-state index < -0.39 is 0 Å². The number of benzene rings is 2. The second-order valence-corrected chi connectivity index (χ2v) is 7.30. The lowest BCUT2D eigenvalue weighted by Gasteiger charge is -2.12. The molecule has 0 radical (unpaired) electrons. The number of nitrogens with one attached hydrogen (secondary N) is 2. The number of amides is 2. The molecule has 136 valence electrons. The smallest absolute Gasteiger partial charge is 0.257 e. The number of thiocarbonyl (C=S) groups is 1. The van der Waals surface area contributed by atoms with Gasteiger partial charge < -0.3 is 10.2 Å². The predicted molar refractivity (Wildman–Crippen MR) is 111 cm³/mol. The Balaban J connectivity index is 1.93. The maximum Gasteiger partial charge on any atom is 0.257 e. The largest absolute Gasteiger partial charge is 0.349 e. The Hall–Kier alpha value is -2.25. The van der Waals surface area contributed by atoms with Gasteiger partial charge in [-0.3, -0.25) is 14.9 Å². The highest BCUT2D eigenvalue weighted by Gasteiger charge is 2.10. The summed E-state index contributed by atoms with van der Waals surface area (Å²) in [6.45, 7) is 1.95. The molecular weight excluding hydrogens is 414 g/mol. The summed E-state index contributed by atoms with van der Waals surface area (Å²) in [5.74, 6) is -0.242. The monoisotopic (exact) mass is 433 g/mol. The minimum atomic E-state index is -0.281. The Morgan fingerprint density at radius 3 is 2.35 bits per heavy atom. The molecule has 2 aromatic carbocycles. The van der Waals surface area contributed by atoms with Gasteiger partial charge in [-0.2, -0.15) is 0 Å². The van der Waals surface area contributed by atoms with E-state index in [1.165, 1.54) is 0 Å². The van der Waals surface area contributed by atoms with Gasteiger partial charge >= 0.3 is 0 Å². The van der Waals surface area contributed by atoms with Crippen molar-refractivity contribution in [3.63, 3.8) is 0 Å². The quantitative estimate of drug-likeness (QED) is 0.724. The van der Waals surface area contributed by atoms with E-state index in [2.05, 4.69) is 26.6 Å². The molecule has 0 atom stereocenters. The third-order valence-electron chi connectivity index (χ3n) is 3.73. The molecule has 0 fully saturated rings. The van der Waals surface area contributed by atoms with Crippen LogP contribution < -0.4 is 10.6 Å². The predicted octanol–water partition coefficient (Wildman–Crippen LogP) is 3.52. The van der Waals surface area contributed by atoms with E-state index >= 15 is 0 Å². The highest BCUT2D eigenvalue weighted by molar-refractivity contribution is 9.10. The summed E-state index contributed by atoms with van der Waals surface area (Å²) in [4.78, 5) is 25.5. The number of nitrogens with zero attached hydrogens (tertiary/aromatic N) is 1. The molecule has 2 rings (SSSR count). The van der Waals surface area contributed by atoms with Crippen molar-refractivity contribution in [2.24, 2.45) is 0 Å². The van der Waals surface area contributed by atoms with Crippen LogP contribution in [-0.2, 0) is 11.2 Å². The molecule has 0 aliphatic heterocycles. The number of hydrogen-bond donors (Lipinski definition) is 2. The van der Waals surface area contributed by atoms with Gasteiger partial charge in [0.15, 0.2) is 5.11 Å². The van der Waals surface area contributed by atoms with Crippen molar-refractivity contribution >= 4 is 50.8 Å². The van der Waals surface area contributed by atoms with Crippen LogP contribution in [-0.4, -0.2) is 35.9 Å². The van der Waals surface area contributed by atoms with Crippen LogP contribution in [0.15, 0.2) is 46.9 Å². The summed E-state index contributed by atoms with van der Waals surface area (Å²) in [5.41, 5.74) is 3.22. The molecule has 0 bridgehead atoms. The average molecular weight is 434 g/mol. The number of carbonyl (C=O) groups is 2. The standard InChI is InChI=1S/C19H20BrN3O2S/c1-12-4-7-14(11-16(12)20)18(25)22-19(26)21-15-8-5-13(6-9-15)10-17(24)23(2)3/h4-9,11H,10H2,1-3H3,(H2,21,22,25,26). The van der Waals surface area contributed by atoms with Crippen molar-refractivity contribution in [2.45, 2.75) is 13.3 Å². The van der Waals surface area contributed by atoms with Crippen LogP contribution in [0.3, 0.4) is 0 Å². The summed E-state index contributed by atoms with van der Waals surface area (Å²) in [6, 6.07) is 12.7. The van der Waals surface area contributed by atoms with Crippen LogP contribution in [0.4, 0.5) is 5.69 Å². The fourth-order valence-corrected chi connectivity index (χ4v) is 2.70. The summed E-state index contributed by atoms with van der Waals surface area (Å²) >= 11 is 8.60. The lowest BCUT2D eigenvalue weighted by Crippen LogP contribution is -2.34. The maximum atomic E-state index is 12.2. The molecule has 5 nitrogen and oxygen atoms in total. The van der Waals surface area contributed by atoms with Crippen molar-refractivity contribution in [3.8, 4) is 0 Å². The van der Waals surface area contributed by atoms with E-state index in [0.29, 0.717) is 12.0 Å². The van der Waals surface area contributed by atoms with Gasteiger partial charge in [0.2, 0.25) is 5.91 Å². The van der Waals surface area contributed by atoms with Crippen molar-refractivity contribution in [1.82, 2.24) is 10.2 Å². The molecule has 0 spiro atoms. The van der Waals surface area contributed by atoms with E-state index in [1.807, 2.05) is 37.3 Å². The number of hydrogen-bond acceptors (Lipinski definition) is 3. The first-order chi connectivity index (χ1) is 12.3. The molecule has 7 heteroatoms. The molecule has 2 aromatic rings. The Morgan fingerprint density at radius 1 is 1.12 bits per heavy atom. The van der Waals surface area contributed by atoms with Gasteiger partial charge in [0, 0.05) is 29.8 Å². The molecule has 0 aliphatic rings. The molecule has 2 amide bonds. The van der Waals surface area contributed by atoms with Gasteiger partial charge in [0.25, 0.3) is 5.91 Å². The van der Waals surface area contributed by atoms with Crippen LogP contribution in [0.25, 0.3) is 0 Å². The van der Waals surface area contributed by atoms with Gasteiger partial charge in [-0.1, -0.05) is 34.1 Å². The Bertz CT molecular complexity index is 835. The van der Waals surface area contributed by atoms with Crippen LogP contribution >= 0.6 is 28.1 Å². The second kappa shape index (κ2) is 8.91. The fourth-order valence-electron chi connectivity index (χ4n) is 2.11. The van der Waals surface area contributed by atoms with E-state index in [1.54, 1.807) is 31.1 Å². The third kappa shape index (κ3) is 5.64. The van der Waals surface area contributed by atoms with Crippen molar-refractivity contribution in [1.29, 1.82) is 0 Å². The molecule has 0 saturated heterocycles. The second-order valence-electron chi connectivity index (χ2n) is 6.03. The van der Waals surface area contributed by atoms with E-state index in [-0.39, 0.29) is 16.9 Å². The van der Waals surface area contributed by atoms with Crippen LogP contribution in [0.1, 0.15) is 21.5 Å². The SMILES string of the molecule is Cc1ccc(C(=O)NC(=S)Nc2ccc(CC(=O)N(C)C)cc2)cc1Br. The number of halogens is 1. The van der Waals surface area contributed by atoms with E-state index in [0.717, 1.165) is 21.3 Å². The van der Waals surface area contributed by atoms with Gasteiger partial charge in [-0.25, -0.2) is 0 Å². The Morgan fingerprint density at radius 2 is 1.77 bits per heavy atom. The molecule has 0 heterocycles. The normalized spacial score (nSPS) is 10.2. The van der Waals surface area contributed by atoms with Crippen LogP contribution in [0, 0.1) is 6.92 Å². The average Bonchev–Trinajstić information content (AvgIpc) is 2.58. The summed E-state index contributed by atoms with van der Waals surface area (Å²) in [6.07, 6.45) is 0.344. The molecule has 0 aliphatic carbocycles. The minimum Gasteiger partial charge on any atom is -0.349 e. The van der Waals surface area contributed by atoms with E-state index in [9.17, 15) is 9.59 Å². The summed E-state index contributed by atoms with van der Waals surface area (Å²) < 4.78 is 0.867. The Labute approximate surface area is 166 Å². The first-order valence-corrected chi connectivity index (χ1v) is 9.14. The highest BCUT2D eigenvalue weighted by Crippen LogP contribution is 2.17. The number of carbonyl (C=O) groups excluding carboxylic acids is 2. The number of rotatable bonds is 4. The zero-order valence-corrected chi connectivity index (χ0v) is 17.2. The molecule has 0 unspecified atom stereocenters. The zero-order chi connectivity index (χ0) is 19.3. The minimum absolute atomic E-state index is 0.0396. The van der Waals surface area contributed by atoms with Gasteiger partial charge in [-0.05, 0) is 54.5 Å². The number of likely N-dealkylation sites (N-methyl/N-ethyl adjacent to an activating group) is 1. The Kier molecular flexibility index (Phi) is 6.88. The zero-order valence-electron chi connectivity index (χ0n) is 14.8. The lowest BCUT2D eigenvalue weighted by molar-refractivity contribution is -0.127. The lowest BCUT2D eigenvalue weighted by atomic mass is 10.1. The highest BCUT2D eigenvalue weighted by atomic mass is 79.9. The topological polar surface area (TPSA) is 61.4 Å². The first-order valence-electron chi connectivity index (χ1n) is 7.94. The van der Waals surface area contributed by atoms with Crippen molar-refractivity contribution in [3.05, 3.63) is 63.6 Å². The van der Waals surface area contributed by atoms with Gasteiger partial charge in [0.1, 0.15) is 0 Å². The third-order valence-corrected chi connectivity index (χ3v) is 4.79. The molecule has 2 N–H and O–H groups in total. The summed E-state index contributed by atoms with van der Waals surface area (Å²) in [7, 11) is 3.46. The molecule has 0 saturated carbocycles. The number of anilines is 1. The summed E-state index contributed by atoms with van der Waals surface area (Å²) in [5, 5.41) is 5.83. The molecule has 26 heavy (non-hydrogen) atoms. The fraction of sp³-hybridized carbons (Fsp3) is 0.211. The van der Waals surface area contributed by atoms with Gasteiger partial charge in [0.05, 0.1) is 6.42 Å². The van der Waals surface area contributed by atoms with Crippen LogP contribution in [0.5, 0.6) is 0 Å². The van der Waals surface area contributed by atoms with Crippen molar-refractivity contribution < 1.29 is 9.59 Å².